The Labute approximate surface area is 99.4 Å². The number of benzene rings is 1. The molecule has 0 atom stereocenters. The van der Waals surface area contributed by atoms with Crippen LogP contribution in [-0.4, -0.2) is 28.9 Å². The van der Waals surface area contributed by atoms with Gasteiger partial charge in [-0.1, -0.05) is 0 Å². The van der Waals surface area contributed by atoms with Gasteiger partial charge in [-0.3, -0.25) is 0 Å². The van der Waals surface area contributed by atoms with E-state index < -0.39 is 0 Å². The van der Waals surface area contributed by atoms with Gasteiger partial charge in [0.2, 0.25) is 5.88 Å². The molecule has 2 rings (SSSR count). The molecule has 17 heavy (non-hydrogen) atoms. The monoisotopic (exact) mass is 231 g/mol. The summed E-state index contributed by atoms with van der Waals surface area (Å²) >= 11 is 0. The zero-order valence-electron chi connectivity index (χ0n) is 9.75. The summed E-state index contributed by atoms with van der Waals surface area (Å²) in [4.78, 5) is 4.06. The van der Waals surface area contributed by atoms with Gasteiger partial charge in [-0.25, -0.2) is 0 Å². The zero-order chi connectivity index (χ0) is 12.1. The predicted molar refractivity (Wildman–Crippen MR) is 63.0 cm³/mol. The highest BCUT2D eigenvalue weighted by atomic mass is 16.5. The number of rotatable bonds is 4. The number of ether oxygens (including phenoxy) is 2. The van der Waals surface area contributed by atoms with E-state index in [0.717, 1.165) is 11.3 Å². The summed E-state index contributed by atoms with van der Waals surface area (Å²) < 4.78 is 10.5. The van der Waals surface area contributed by atoms with Crippen LogP contribution in [0.25, 0.3) is 11.3 Å². The van der Waals surface area contributed by atoms with Crippen molar-refractivity contribution in [1.29, 1.82) is 0 Å². The molecule has 1 heterocycles. The maximum atomic E-state index is 5.40. The lowest BCUT2D eigenvalue weighted by atomic mass is 10.1. The Morgan fingerprint density at radius 2 is 1.94 bits per heavy atom. The highest BCUT2D eigenvalue weighted by molar-refractivity contribution is 5.64. The number of methoxy groups -OCH3 is 1. The Morgan fingerprint density at radius 3 is 2.59 bits per heavy atom. The Morgan fingerprint density at radius 1 is 1.18 bits per heavy atom. The maximum Gasteiger partial charge on any atom is 0.244 e. The topological polar surface area (TPSA) is 57.1 Å². The lowest BCUT2D eigenvalue weighted by Gasteiger charge is -2.07. The standard InChI is InChI=1S/C12H13N3O2/c1-3-17-12-11(15-14-8-13-12)9-4-6-10(16-2)7-5-9/h4-8H,3H2,1-2H3. The molecule has 0 saturated carbocycles. The summed E-state index contributed by atoms with van der Waals surface area (Å²) in [6.07, 6.45) is 1.37. The molecule has 0 bridgehead atoms. The minimum absolute atomic E-state index is 0.493. The van der Waals surface area contributed by atoms with Crippen molar-refractivity contribution < 1.29 is 9.47 Å². The molecular weight excluding hydrogens is 218 g/mol. The molecule has 0 unspecified atom stereocenters. The van der Waals surface area contributed by atoms with Gasteiger partial charge in [0.25, 0.3) is 0 Å². The maximum absolute atomic E-state index is 5.40. The number of nitrogens with zero attached hydrogens (tertiary/aromatic N) is 3. The first-order valence-corrected chi connectivity index (χ1v) is 5.30. The van der Waals surface area contributed by atoms with E-state index in [-0.39, 0.29) is 0 Å². The van der Waals surface area contributed by atoms with Crippen molar-refractivity contribution in [3.05, 3.63) is 30.6 Å². The highest BCUT2D eigenvalue weighted by Gasteiger charge is 2.09. The SMILES string of the molecule is CCOc1ncnnc1-c1ccc(OC)cc1. The Balaban J connectivity index is 2.37. The molecule has 5 heteroatoms. The molecule has 0 aliphatic rings. The van der Waals surface area contributed by atoms with E-state index in [1.807, 2.05) is 31.2 Å². The van der Waals surface area contributed by atoms with Crippen LogP contribution in [0.4, 0.5) is 0 Å². The van der Waals surface area contributed by atoms with E-state index >= 15 is 0 Å². The van der Waals surface area contributed by atoms with Gasteiger partial charge in [0.15, 0.2) is 5.69 Å². The lowest BCUT2D eigenvalue weighted by molar-refractivity contribution is 0.325. The number of hydrogen-bond acceptors (Lipinski definition) is 5. The second-order valence-corrected chi connectivity index (χ2v) is 3.28. The van der Waals surface area contributed by atoms with E-state index in [9.17, 15) is 0 Å². The van der Waals surface area contributed by atoms with E-state index in [2.05, 4.69) is 15.2 Å². The molecule has 0 N–H and O–H groups in total. The summed E-state index contributed by atoms with van der Waals surface area (Å²) in [5.74, 6) is 1.29. The molecule has 0 aliphatic carbocycles. The Bertz CT molecular complexity index is 485. The molecule has 88 valence electrons. The first kappa shape index (κ1) is 11.3. The molecule has 0 aliphatic heterocycles. The molecule has 0 saturated heterocycles. The third kappa shape index (κ3) is 2.50. The molecule has 0 radical (unpaired) electrons. The smallest absolute Gasteiger partial charge is 0.244 e. The van der Waals surface area contributed by atoms with Crippen molar-refractivity contribution >= 4 is 0 Å². The van der Waals surface area contributed by atoms with Gasteiger partial charge in [0.1, 0.15) is 12.1 Å². The summed E-state index contributed by atoms with van der Waals surface area (Å²) in [5.41, 5.74) is 1.53. The second kappa shape index (κ2) is 5.25. The molecule has 0 amide bonds. The first-order chi connectivity index (χ1) is 8.35. The third-order valence-corrected chi connectivity index (χ3v) is 2.23. The zero-order valence-corrected chi connectivity index (χ0v) is 9.75. The summed E-state index contributed by atoms with van der Waals surface area (Å²) in [7, 11) is 1.63. The normalized spacial score (nSPS) is 10.0. The van der Waals surface area contributed by atoms with Crippen molar-refractivity contribution in [2.24, 2.45) is 0 Å². The average Bonchev–Trinajstić information content (AvgIpc) is 2.40. The average molecular weight is 231 g/mol. The highest BCUT2D eigenvalue weighted by Crippen LogP contribution is 2.26. The van der Waals surface area contributed by atoms with Crippen molar-refractivity contribution in [3.63, 3.8) is 0 Å². The van der Waals surface area contributed by atoms with Crippen molar-refractivity contribution in [2.75, 3.05) is 13.7 Å². The van der Waals surface area contributed by atoms with Crippen LogP contribution in [0.3, 0.4) is 0 Å². The first-order valence-electron chi connectivity index (χ1n) is 5.30. The van der Waals surface area contributed by atoms with Crippen LogP contribution in [0.5, 0.6) is 11.6 Å². The van der Waals surface area contributed by atoms with Crippen LogP contribution in [0.1, 0.15) is 6.92 Å². The number of aromatic nitrogens is 3. The summed E-state index contributed by atoms with van der Waals surface area (Å²) in [6.45, 7) is 2.45. The van der Waals surface area contributed by atoms with Gasteiger partial charge < -0.3 is 9.47 Å². The van der Waals surface area contributed by atoms with Gasteiger partial charge in [-0.2, -0.15) is 4.98 Å². The van der Waals surface area contributed by atoms with Gasteiger partial charge in [-0.05, 0) is 31.2 Å². The van der Waals surface area contributed by atoms with Crippen LogP contribution in [0, 0.1) is 0 Å². The van der Waals surface area contributed by atoms with Crippen molar-refractivity contribution in [3.8, 4) is 22.9 Å². The Hall–Kier alpha value is -2.17. The largest absolute Gasteiger partial charge is 0.497 e. The third-order valence-electron chi connectivity index (χ3n) is 2.23. The minimum Gasteiger partial charge on any atom is -0.497 e. The van der Waals surface area contributed by atoms with Crippen LogP contribution in [0.2, 0.25) is 0 Å². The second-order valence-electron chi connectivity index (χ2n) is 3.28. The van der Waals surface area contributed by atoms with E-state index in [1.54, 1.807) is 7.11 Å². The van der Waals surface area contributed by atoms with E-state index in [0.29, 0.717) is 18.2 Å². The van der Waals surface area contributed by atoms with Gasteiger partial charge in [0.05, 0.1) is 13.7 Å². The Kier molecular flexibility index (Phi) is 3.49. The number of hydrogen-bond donors (Lipinski definition) is 0. The molecule has 5 nitrogen and oxygen atoms in total. The minimum atomic E-state index is 0.493. The van der Waals surface area contributed by atoms with Gasteiger partial charge >= 0.3 is 0 Å². The fraction of sp³-hybridized carbons (Fsp3) is 0.250. The van der Waals surface area contributed by atoms with E-state index in [1.165, 1.54) is 6.33 Å². The van der Waals surface area contributed by atoms with Crippen LogP contribution >= 0.6 is 0 Å². The quantitative estimate of drug-likeness (QED) is 0.804. The lowest BCUT2D eigenvalue weighted by Crippen LogP contribution is -2.00. The molecule has 0 spiro atoms. The van der Waals surface area contributed by atoms with Crippen LogP contribution in [-0.2, 0) is 0 Å². The summed E-state index contributed by atoms with van der Waals surface area (Å²) in [5, 5.41) is 7.82. The summed E-state index contributed by atoms with van der Waals surface area (Å²) in [6, 6.07) is 7.51. The predicted octanol–water partition coefficient (Wildman–Crippen LogP) is 1.95. The van der Waals surface area contributed by atoms with Crippen molar-refractivity contribution in [1.82, 2.24) is 15.2 Å². The van der Waals surface area contributed by atoms with Crippen LogP contribution < -0.4 is 9.47 Å². The fourth-order valence-corrected chi connectivity index (χ4v) is 1.44. The van der Waals surface area contributed by atoms with Crippen LogP contribution in [0.15, 0.2) is 30.6 Å². The molecular formula is C12H13N3O2. The van der Waals surface area contributed by atoms with Gasteiger partial charge in [0, 0.05) is 5.56 Å². The molecule has 2 aromatic rings. The fourth-order valence-electron chi connectivity index (χ4n) is 1.44. The van der Waals surface area contributed by atoms with E-state index in [4.69, 9.17) is 9.47 Å². The molecule has 1 aromatic heterocycles. The molecule has 1 aromatic carbocycles. The van der Waals surface area contributed by atoms with Crippen molar-refractivity contribution in [2.45, 2.75) is 6.92 Å². The van der Waals surface area contributed by atoms with Gasteiger partial charge in [-0.15, -0.1) is 10.2 Å². The molecule has 0 fully saturated rings.